The molecule has 1 saturated carbocycles. The van der Waals surface area contributed by atoms with Gasteiger partial charge in [0, 0.05) is 5.92 Å². The summed E-state index contributed by atoms with van der Waals surface area (Å²) in [7, 11) is 0. The fourth-order valence-corrected chi connectivity index (χ4v) is 1.88. The molecule has 0 aromatic carbocycles. The molecule has 0 saturated heterocycles. The summed E-state index contributed by atoms with van der Waals surface area (Å²) in [6.45, 7) is 3.29. The maximum absolute atomic E-state index is 10.5. The van der Waals surface area contributed by atoms with Crippen LogP contribution in [0.1, 0.15) is 13.8 Å². The van der Waals surface area contributed by atoms with E-state index in [1.807, 2.05) is 0 Å². The molecule has 1 aliphatic carbocycles. The SMILES string of the molecule is CC1C(Cl)(Cl)C1(C)C(=O)O.F. The first kappa shape index (κ1) is 11.0. The molecule has 1 aliphatic rings. The minimum Gasteiger partial charge on any atom is -0.481 e. The Morgan fingerprint density at radius 3 is 1.82 bits per heavy atom. The van der Waals surface area contributed by atoms with E-state index < -0.39 is 15.7 Å². The third kappa shape index (κ3) is 1.02. The van der Waals surface area contributed by atoms with Crippen molar-refractivity contribution in [3.05, 3.63) is 0 Å². The third-order valence-corrected chi connectivity index (χ3v) is 3.90. The normalized spacial score (nSPS) is 39.1. The number of carboxylic acid groups (broad SMARTS) is 1. The maximum Gasteiger partial charge on any atom is 0.312 e. The summed E-state index contributed by atoms with van der Waals surface area (Å²) in [5.74, 6) is -1.09. The maximum atomic E-state index is 10.5. The second-order valence-corrected chi connectivity index (χ2v) is 4.24. The largest absolute Gasteiger partial charge is 0.481 e. The van der Waals surface area contributed by atoms with Gasteiger partial charge in [-0.1, -0.05) is 6.92 Å². The molecule has 2 nitrogen and oxygen atoms in total. The van der Waals surface area contributed by atoms with Crippen LogP contribution in [0.4, 0.5) is 4.70 Å². The number of alkyl halides is 2. The summed E-state index contributed by atoms with van der Waals surface area (Å²) >= 11 is 11.4. The highest BCUT2D eigenvalue weighted by Gasteiger charge is 2.75. The second kappa shape index (κ2) is 2.49. The molecule has 2 atom stereocenters. The molecule has 0 aromatic rings. The number of halogens is 3. The van der Waals surface area contributed by atoms with Crippen LogP contribution in [0.3, 0.4) is 0 Å². The first-order chi connectivity index (χ1) is 4.35. The Balaban J connectivity index is 0.000001000. The van der Waals surface area contributed by atoms with Crippen molar-refractivity contribution in [3.63, 3.8) is 0 Å². The van der Waals surface area contributed by atoms with Crippen LogP contribution in [0.2, 0.25) is 0 Å². The van der Waals surface area contributed by atoms with Crippen LogP contribution < -0.4 is 0 Å². The molecule has 1 N–H and O–H groups in total. The number of carboxylic acids is 1. The van der Waals surface area contributed by atoms with Gasteiger partial charge >= 0.3 is 5.97 Å². The molecule has 0 spiro atoms. The Kier molecular flexibility index (Phi) is 2.48. The van der Waals surface area contributed by atoms with Crippen molar-refractivity contribution in [1.82, 2.24) is 0 Å². The molecule has 0 aliphatic heterocycles. The van der Waals surface area contributed by atoms with E-state index in [0.717, 1.165) is 0 Å². The van der Waals surface area contributed by atoms with E-state index >= 15 is 0 Å². The van der Waals surface area contributed by atoms with Gasteiger partial charge in [-0.25, -0.2) is 0 Å². The Morgan fingerprint density at radius 2 is 1.82 bits per heavy atom. The first-order valence-corrected chi connectivity index (χ1v) is 3.72. The molecule has 1 fully saturated rings. The summed E-state index contributed by atoms with van der Waals surface area (Å²) in [6, 6.07) is 0. The third-order valence-electron chi connectivity index (χ3n) is 2.46. The van der Waals surface area contributed by atoms with Gasteiger partial charge in [-0.05, 0) is 6.92 Å². The smallest absolute Gasteiger partial charge is 0.312 e. The van der Waals surface area contributed by atoms with Crippen molar-refractivity contribution in [2.24, 2.45) is 11.3 Å². The fourth-order valence-electron chi connectivity index (χ4n) is 1.06. The van der Waals surface area contributed by atoms with Crippen LogP contribution in [0, 0.1) is 11.3 Å². The number of hydrogen-bond donors (Lipinski definition) is 1. The van der Waals surface area contributed by atoms with Gasteiger partial charge in [0.25, 0.3) is 0 Å². The molecule has 5 heteroatoms. The van der Waals surface area contributed by atoms with Crippen molar-refractivity contribution in [2.75, 3.05) is 0 Å². The highest BCUT2D eigenvalue weighted by molar-refractivity contribution is 6.53. The Hall–Kier alpha value is -0.0200. The lowest BCUT2D eigenvalue weighted by Gasteiger charge is -2.02. The van der Waals surface area contributed by atoms with Crippen molar-refractivity contribution in [1.29, 1.82) is 0 Å². The zero-order valence-corrected chi connectivity index (χ0v) is 7.61. The van der Waals surface area contributed by atoms with Crippen LogP contribution in [0.15, 0.2) is 0 Å². The highest BCUT2D eigenvalue weighted by atomic mass is 35.5. The van der Waals surface area contributed by atoms with E-state index in [-0.39, 0.29) is 10.6 Å². The highest BCUT2D eigenvalue weighted by Crippen LogP contribution is 2.68. The van der Waals surface area contributed by atoms with E-state index in [1.54, 1.807) is 13.8 Å². The van der Waals surface area contributed by atoms with Gasteiger partial charge in [0.1, 0.15) is 9.75 Å². The van der Waals surface area contributed by atoms with Crippen LogP contribution in [-0.4, -0.2) is 15.4 Å². The number of aliphatic carboxylic acids is 1. The van der Waals surface area contributed by atoms with Gasteiger partial charge in [0.15, 0.2) is 0 Å². The zero-order chi connectivity index (χ0) is 8.15. The average molecular weight is 203 g/mol. The molecular weight excluding hydrogens is 194 g/mol. The van der Waals surface area contributed by atoms with Crippen molar-refractivity contribution < 1.29 is 14.6 Å². The van der Waals surface area contributed by atoms with Gasteiger partial charge < -0.3 is 5.11 Å². The summed E-state index contributed by atoms with van der Waals surface area (Å²) in [6.07, 6.45) is 0. The Morgan fingerprint density at radius 1 is 1.55 bits per heavy atom. The second-order valence-electron chi connectivity index (χ2n) is 2.85. The van der Waals surface area contributed by atoms with Crippen LogP contribution >= 0.6 is 23.2 Å². The molecule has 0 bridgehead atoms. The van der Waals surface area contributed by atoms with E-state index in [0.29, 0.717) is 0 Å². The van der Waals surface area contributed by atoms with Gasteiger partial charge in [-0.15, -0.1) is 23.2 Å². The van der Waals surface area contributed by atoms with Crippen molar-refractivity contribution in [3.8, 4) is 0 Å². The van der Waals surface area contributed by atoms with Gasteiger partial charge in [-0.2, -0.15) is 0 Å². The van der Waals surface area contributed by atoms with Gasteiger partial charge in [0.2, 0.25) is 0 Å². The monoisotopic (exact) mass is 202 g/mol. The van der Waals surface area contributed by atoms with Crippen molar-refractivity contribution >= 4 is 29.2 Å². The quantitative estimate of drug-likeness (QED) is 0.662. The van der Waals surface area contributed by atoms with Gasteiger partial charge in [-0.3, -0.25) is 9.50 Å². The Bertz CT molecular complexity index is 195. The standard InChI is InChI=1S/C6H8Cl2O2.FH/c1-3-5(2,4(9)10)6(3,7)8;/h3H,1-2H3,(H,9,10);1H. The zero-order valence-electron chi connectivity index (χ0n) is 6.10. The predicted molar refractivity (Wildman–Crippen MR) is 41.8 cm³/mol. The van der Waals surface area contributed by atoms with Crippen LogP contribution in [0.25, 0.3) is 0 Å². The Labute approximate surface area is 73.8 Å². The van der Waals surface area contributed by atoms with E-state index in [1.165, 1.54) is 0 Å². The first-order valence-electron chi connectivity index (χ1n) is 2.96. The van der Waals surface area contributed by atoms with E-state index in [2.05, 4.69) is 0 Å². The summed E-state index contributed by atoms with van der Waals surface area (Å²) in [5.41, 5.74) is -0.948. The molecular formula is C6H9Cl2FO2. The number of hydrogen-bond acceptors (Lipinski definition) is 1. The molecule has 11 heavy (non-hydrogen) atoms. The predicted octanol–water partition coefficient (Wildman–Crippen LogP) is 2.05. The fraction of sp³-hybridized carbons (Fsp3) is 0.833. The molecule has 66 valence electrons. The van der Waals surface area contributed by atoms with Crippen LogP contribution in [-0.2, 0) is 4.79 Å². The number of carbonyl (C=O) groups is 1. The molecule has 0 heterocycles. The number of rotatable bonds is 1. The van der Waals surface area contributed by atoms with Crippen molar-refractivity contribution in [2.45, 2.75) is 18.2 Å². The van der Waals surface area contributed by atoms with E-state index in [4.69, 9.17) is 28.3 Å². The average Bonchev–Trinajstić information content (AvgIpc) is 2.16. The van der Waals surface area contributed by atoms with Gasteiger partial charge in [0.05, 0.1) is 0 Å². The lowest BCUT2D eigenvalue weighted by atomic mass is 10.1. The molecule has 1 rings (SSSR count). The minimum atomic E-state index is -1.07. The molecule has 0 amide bonds. The molecule has 0 aromatic heterocycles. The topological polar surface area (TPSA) is 37.3 Å². The molecule has 2 unspecified atom stereocenters. The lowest BCUT2D eigenvalue weighted by molar-refractivity contribution is -0.143. The van der Waals surface area contributed by atoms with E-state index in [9.17, 15) is 4.79 Å². The van der Waals surface area contributed by atoms with Crippen LogP contribution in [0.5, 0.6) is 0 Å². The minimum absolute atomic E-state index is 0. The summed E-state index contributed by atoms with van der Waals surface area (Å²) in [4.78, 5) is 10.5. The molecule has 0 radical (unpaired) electrons. The summed E-state index contributed by atoms with van der Waals surface area (Å²) < 4.78 is -1.07. The summed E-state index contributed by atoms with van der Waals surface area (Å²) in [5, 5.41) is 8.65. The lowest BCUT2D eigenvalue weighted by Crippen LogP contribution is -2.17.